The van der Waals surface area contributed by atoms with Gasteiger partial charge in [0, 0.05) is 24.6 Å². The zero-order valence-electron chi connectivity index (χ0n) is 10.8. The lowest BCUT2D eigenvalue weighted by Crippen LogP contribution is -2.44. The van der Waals surface area contributed by atoms with Gasteiger partial charge in [-0.15, -0.1) is 0 Å². The first-order valence-electron chi connectivity index (χ1n) is 6.64. The maximum atomic E-state index is 8.76. The number of nitrogens with zero attached hydrogens (tertiary/aromatic N) is 2. The summed E-state index contributed by atoms with van der Waals surface area (Å²) in [5.41, 5.74) is 0.689. The number of anilines is 1. The summed E-state index contributed by atoms with van der Waals surface area (Å²) in [5.74, 6) is 3.18. The maximum Gasteiger partial charge on any atom is 0.126 e. The molecule has 19 heavy (non-hydrogen) atoms. The van der Waals surface area contributed by atoms with Crippen molar-refractivity contribution < 1.29 is 4.74 Å². The number of hydrogen-bond donors (Lipinski definition) is 1. The standard InChI is InChI=1S/C14H17N3OS/c15-8-11-1-2-13(16-9-11)17-12-3-5-18-14(7-12)4-6-19-10-14/h1-2,9,12H,3-7,10H2,(H,16,17)/t12-,14+/m1/s1. The van der Waals surface area contributed by atoms with Crippen molar-refractivity contribution in [2.24, 2.45) is 0 Å². The predicted molar refractivity (Wildman–Crippen MR) is 76.2 cm³/mol. The first-order valence-corrected chi connectivity index (χ1v) is 7.80. The Morgan fingerprint density at radius 1 is 1.53 bits per heavy atom. The van der Waals surface area contributed by atoms with Gasteiger partial charge in [0.05, 0.1) is 11.2 Å². The van der Waals surface area contributed by atoms with E-state index in [1.54, 1.807) is 12.3 Å². The van der Waals surface area contributed by atoms with Crippen LogP contribution in [0.1, 0.15) is 24.8 Å². The van der Waals surface area contributed by atoms with Crippen LogP contribution in [-0.2, 0) is 4.74 Å². The van der Waals surface area contributed by atoms with Gasteiger partial charge < -0.3 is 10.1 Å². The topological polar surface area (TPSA) is 57.9 Å². The molecule has 0 bridgehead atoms. The molecule has 0 aliphatic carbocycles. The highest BCUT2D eigenvalue weighted by atomic mass is 32.2. The van der Waals surface area contributed by atoms with Gasteiger partial charge in [-0.2, -0.15) is 17.0 Å². The van der Waals surface area contributed by atoms with Crippen molar-refractivity contribution in [2.45, 2.75) is 30.9 Å². The quantitative estimate of drug-likeness (QED) is 0.898. The molecule has 0 aromatic carbocycles. The molecule has 2 fully saturated rings. The summed E-state index contributed by atoms with van der Waals surface area (Å²) in [6.07, 6.45) is 4.86. The van der Waals surface area contributed by atoms with E-state index in [2.05, 4.69) is 16.4 Å². The molecule has 0 unspecified atom stereocenters. The zero-order chi connectivity index (χ0) is 13.1. The Bertz CT molecular complexity index is 476. The number of nitrogens with one attached hydrogen (secondary N) is 1. The Morgan fingerprint density at radius 2 is 2.47 bits per heavy atom. The Balaban J connectivity index is 1.64. The molecule has 3 rings (SSSR count). The summed E-state index contributed by atoms with van der Waals surface area (Å²) in [6.45, 7) is 0.828. The van der Waals surface area contributed by atoms with Crippen LogP contribution in [0.3, 0.4) is 0 Å². The highest BCUT2D eigenvalue weighted by molar-refractivity contribution is 7.99. The van der Waals surface area contributed by atoms with Crippen LogP contribution in [0.15, 0.2) is 18.3 Å². The summed E-state index contributed by atoms with van der Waals surface area (Å²) in [4.78, 5) is 4.28. The fourth-order valence-corrected chi connectivity index (χ4v) is 4.15. The van der Waals surface area contributed by atoms with Gasteiger partial charge in [-0.3, -0.25) is 0 Å². The van der Waals surface area contributed by atoms with E-state index in [1.807, 2.05) is 17.8 Å². The maximum absolute atomic E-state index is 8.76. The Morgan fingerprint density at radius 3 is 3.16 bits per heavy atom. The van der Waals surface area contributed by atoms with E-state index in [9.17, 15) is 0 Å². The third-order valence-electron chi connectivity index (χ3n) is 3.80. The number of ether oxygens (including phenoxy) is 1. The number of hydrogen-bond acceptors (Lipinski definition) is 5. The Kier molecular flexibility index (Phi) is 3.63. The van der Waals surface area contributed by atoms with Crippen molar-refractivity contribution in [1.82, 2.24) is 4.98 Å². The first-order chi connectivity index (χ1) is 9.30. The van der Waals surface area contributed by atoms with Gasteiger partial charge in [0.1, 0.15) is 11.9 Å². The second-order valence-electron chi connectivity index (χ2n) is 5.21. The van der Waals surface area contributed by atoms with Crippen LogP contribution in [0.5, 0.6) is 0 Å². The normalized spacial score (nSPS) is 30.2. The fraction of sp³-hybridized carbons (Fsp3) is 0.571. The minimum absolute atomic E-state index is 0.0905. The number of aromatic nitrogens is 1. The summed E-state index contributed by atoms with van der Waals surface area (Å²) in [5, 5.41) is 12.2. The van der Waals surface area contributed by atoms with Crippen LogP contribution in [0.2, 0.25) is 0 Å². The van der Waals surface area contributed by atoms with Crippen LogP contribution >= 0.6 is 11.8 Å². The molecule has 2 aliphatic rings. The molecule has 1 aromatic heterocycles. The van der Waals surface area contributed by atoms with Crippen molar-refractivity contribution >= 4 is 17.6 Å². The fourth-order valence-electron chi connectivity index (χ4n) is 2.77. The summed E-state index contributed by atoms with van der Waals surface area (Å²) >= 11 is 1.99. The zero-order valence-corrected chi connectivity index (χ0v) is 11.6. The molecule has 0 saturated carbocycles. The van der Waals surface area contributed by atoms with Gasteiger partial charge in [0.25, 0.3) is 0 Å². The molecular weight excluding hydrogens is 258 g/mol. The molecule has 100 valence electrons. The van der Waals surface area contributed by atoms with E-state index in [4.69, 9.17) is 10.00 Å². The highest BCUT2D eigenvalue weighted by Crippen LogP contribution is 2.38. The van der Waals surface area contributed by atoms with E-state index in [-0.39, 0.29) is 5.60 Å². The predicted octanol–water partition coefficient (Wildman–Crippen LogP) is 2.42. The Labute approximate surface area is 117 Å². The van der Waals surface area contributed by atoms with Crippen LogP contribution in [0, 0.1) is 11.3 Å². The van der Waals surface area contributed by atoms with Gasteiger partial charge in [-0.1, -0.05) is 0 Å². The molecule has 2 aliphatic heterocycles. The molecule has 1 aromatic rings. The molecular formula is C14H17N3OS. The molecule has 2 atom stereocenters. The SMILES string of the molecule is N#Cc1ccc(N[C@@H]2CCO[C@@]3(CCSC3)C2)nc1. The smallest absolute Gasteiger partial charge is 0.126 e. The lowest BCUT2D eigenvalue weighted by molar-refractivity contribution is -0.0628. The second kappa shape index (κ2) is 5.40. The number of pyridine rings is 1. The largest absolute Gasteiger partial charge is 0.374 e. The van der Waals surface area contributed by atoms with Gasteiger partial charge in [0.15, 0.2) is 0 Å². The minimum atomic E-state index is 0.0905. The van der Waals surface area contributed by atoms with Gasteiger partial charge >= 0.3 is 0 Å². The summed E-state index contributed by atoms with van der Waals surface area (Å²) in [7, 11) is 0. The number of rotatable bonds is 2. The molecule has 3 heterocycles. The third-order valence-corrected chi connectivity index (χ3v) is 5.03. The van der Waals surface area contributed by atoms with E-state index in [1.165, 1.54) is 5.75 Å². The number of nitriles is 1. The molecule has 5 heteroatoms. The van der Waals surface area contributed by atoms with Crippen molar-refractivity contribution in [3.05, 3.63) is 23.9 Å². The molecule has 0 radical (unpaired) electrons. The van der Waals surface area contributed by atoms with Crippen LogP contribution in [0.25, 0.3) is 0 Å². The average Bonchev–Trinajstić information content (AvgIpc) is 2.88. The van der Waals surface area contributed by atoms with Crippen LogP contribution in [0.4, 0.5) is 5.82 Å². The monoisotopic (exact) mass is 275 g/mol. The first kappa shape index (κ1) is 12.8. The summed E-state index contributed by atoms with van der Waals surface area (Å²) < 4.78 is 6.01. The number of thioether (sulfide) groups is 1. The summed E-state index contributed by atoms with van der Waals surface area (Å²) in [6, 6.07) is 6.19. The van der Waals surface area contributed by atoms with Crippen molar-refractivity contribution in [2.75, 3.05) is 23.4 Å². The second-order valence-corrected chi connectivity index (χ2v) is 6.32. The third kappa shape index (κ3) is 2.85. The molecule has 1 N–H and O–H groups in total. The van der Waals surface area contributed by atoms with Crippen molar-refractivity contribution in [1.29, 1.82) is 5.26 Å². The van der Waals surface area contributed by atoms with E-state index < -0.39 is 0 Å². The average molecular weight is 275 g/mol. The van der Waals surface area contributed by atoms with Crippen LogP contribution < -0.4 is 5.32 Å². The molecule has 1 spiro atoms. The van der Waals surface area contributed by atoms with Gasteiger partial charge in [-0.25, -0.2) is 4.98 Å². The molecule has 4 nitrogen and oxygen atoms in total. The van der Waals surface area contributed by atoms with Crippen LogP contribution in [-0.4, -0.2) is 34.7 Å². The van der Waals surface area contributed by atoms with E-state index >= 15 is 0 Å². The van der Waals surface area contributed by atoms with E-state index in [0.717, 1.165) is 37.4 Å². The lowest BCUT2D eigenvalue weighted by Gasteiger charge is -2.38. The van der Waals surface area contributed by atoms with Gasteiger partial charge in [0.2, 0.25) is 0 Å². The van der Waals surface area contributed by atoms with Crippen molar-refractivity contribution in [3.8, 4) is 6.07 Å². The lowest BCUT2D eigenvalue weighted by atomic mass is 9.90. The van der Waals surface area contributed by atoms with Gasteiger partial charge in [-0.05, 0) is 37.1 Å². The van der Waals surface area contributed by atoms with Crippen molar-refractivity contribution in [3.63, 3.8) is 0 Å². The molecule has 2 saturated heterocycles. The molecule has 0 amide bonds. The van der Waals surface area contributed by atoms with E-state index in [0.29, 0.717) is 11.6 Å². The minimum Gasteiger partial charge on any atom is -0.374 e. The Hall–Kier alpha value is -1.25. The highest BCUT2D eigenvalue weighted by Gasteiger charge is 2.40.